The molecular formula is C26H26O15. The van der Waals surface area contributed by atoms with E-state index in [0.29, 0.717) is 0 Å². The minimum atomic E-state index is -1.82. The smallest absolute Gasteiger partial charge is 0.317 e. The number of esters is 1. The van der Waals surface area contributed by atoms with Crippen LogP contribution in [0.5, 0.6) is 28.7 Å². The van der Waals surface area contributed by atoms with Crippen LogP contribution in [0.3, 0.4) is 0 Å². The third-order valence-corrected chi connectivity index (χ3v) is 6.17. The van der Waals surface area contributed by atoms with E-state index in [1.807, 2.05) is 0 Å². The van der Waals surface area contributed by atoms with E-state index >= 15 is 0 Å². The summed E-state index contributed by atoms with van der Waals surface area (Å²) in [6.07, 6.45) is -9.41. The topological polar surface area (TPSA) is 232 Å². The average molecular weight is 578 g/mol. The number of rotatable bonds is 9. The molecule has 5 atom stereocenters. The number of phenolic OH excluding ortho intramolecular Hbond substituents is 2. The van der Waals surface area contributed by atoms with E-state index in [-0.39, 0.29) is 45.3 Å². The molecular weight excluding hydrogens is 552 g/mol. The fourth-order valence-electron chi connectivity index (χ4n) is 4.12. The van der Waals surface area contributed by atoms with Crippen LogP contribution in [0.4, 0.5) is 0 Å². The summed E-state index contributed by atoms with van der Waals surface area (Å²) < 4.78 is 31.9. The molecule has 1 aliphatic rings. The Kier molecular flexibility index (Phi) is 8.53. The molecule has 1 aliphatic heterocycles. The first-order valence-corrected chi connectivity index (χ1v) is 11.9. The maximum absolute atomic E-state index is 12.9. The van der Waals surface area contributed by atoms with Gasteiger partial charge in [0.2, 0.25) is 12.0 Å². The molecule has 2 heterocycles. The summed E-state index contributed by atoms with van der Waals surface area (Å²) in [5.74, 6) is -3.50. The van der Waals surface area contributed by atoms with E-state index in [0.717, 1.165) is 12.1 Å². The van der Waals surface area contributed by atoms with Gasteiger partial charge in [0, 0.05) is 23.8 Å². The second-order valence-electron chi connectivity index (χ2n) is 8.91. The standard InChI is InChI=1S/C26H26O15/c1-36-16-3-10(4-17(37-2)22(16)32)14-7-13(28)21-12(27)5-11(6-15(21)40-14)39-26-25(35)24(34)23(33)18(41-26)9-38-20(31)8-19(29)30/h3-7,18,23-27,32-35H,8-9H2,1-2H3,(H,29,30). The number of methoxy groups -OCH3 is 2. The van der Waals surface area contributed by atoms with E-state index in [1.165, 1.54) is 32.4 Å². The molecule has 4 rings (SSSR count). The highest BCUT2D eigenvalue weighted by Gasteiger charge is 2.45. The summed E-state index contributed by atoms with van der Waals surface area (Å²) in [5.41, 5.74) is -0.504. The lowest BCUT2D eigenvalue weighted by atomic mass is 9.99. The lowest BCUT2D eigenvalue weighted by Gasteiger charge is -2.39. The van der Waals surface area contributed by atoms with E-state index in [4.69, 9.17) is 33.2 Å². The zero-order valence-corrected chi connectivity index (χ0v) is 21.5. The Morgan fingerprint density at radius 3 is 2.20 bits per heavy atom. The number of carboxylic acid groups (broad SMARTS) is 1. The number of benzene rings is 2. The molecule has 6 N–H and O–H groups in total. The van der Waals surface area contributed by atoms with Crippen molar-refractivity contribution in [1.29, 1.82) is 0 Å². The first-order chi connectivity index (χ1) is 19.4. The Labute approximate surface area is 230 Å². The summed E-state index contributed by atoms with van der Waals surface area (Å²) in [6, 6.07) is 6.12. The highest BCUT2D eigenvalue weighted by molar-refractivity contribution is 5.90. The summed E-state index contributed by atoms with van der Waals surface area (Å²) in [7, 11) is 2.64. The maximum Gasteiger partial charge on any atom is 0.317 e. The molecule has 41 heavy (non-hydrogen) atoms. The predicted octanol–water partition coefficient (Wildman–Crippen LogP) is 0.0927. The molecule has 15 nitrogen and oxygen atoms in total. The fourth-order valence-corrected chi connectivity index (χ4v) is 4.12. The lowest BCUT2D eigenvalue weighted by Crippen LogP contribution is -2.60. The number of hydrogen-bond donors (Lipinski definition) is 6. The number of phenols is 2. The van der Waals surface area contributed by atoms with Crippen LogP contribution in [0.1, 0.15) is 6.42 Å². The monoisotopic (exact) mass is 578 g/mol. The Morgan fingerprint density at radius 2 is 1.59 bits per heavy atom. The first kappa shape index (κ1) is 29.4. The van der Waals surface area contributed by atoms with Gasteiger partial charge < -0.3 is 58.7 Å². The Balaban J connectivity index is 1.64. The van der Waals surface area contributed by atoms with Crippen LogP contribution in [0, 0.1) is 0 Å². The molecule has 1 saturated heterocycles. The van der Waals surface area contributed by atoms with E-state index in [1.54, 1.807) is 0 Å². The van der Waals surface area contributed by atoms with Gasteiger partial charge in [-0.1, -0.05) is 0 Å². The number of ether oxygens (including phenoxy) is 5. The Morgan fingerprint density at radius 1 is 0.927 bits per heavy atom. The number of carbonyl (C=O) groups is 2. The van der Waals surface area contributed by atoms with Crippen LogP contribution < -0.4 is 19.6 Å². The van der Waals surface area contributed by atoms with E-state index < -0.39 is 66.9 Å². The largest absolute Gasteiger partial charge is 0.507 e. The minimum absolute atomic E-state index is 0.00591. The normalized spacial score (nSPS) is 22.2. The van der Waals surface area contributed by atoms with Crippen LogP contribution in [0.25, 0.3) is 22.3 Å². The zero-order valence-electron chi connectivity index (χ0n) is 21.5. The van der Waals surface area contributed by atoms with Gasteiger partial charge in [0.25, 0.3) is 0 Å². The number of aliphatic hydroxyl groups excluding tert-OH is 3. The third-order valence-electron chi connectivity index (χ3n) is 6.17. The first-order valence-electron chi connectivity index (χ1n) is 11.9. The molecule has 0 spiro atoms. The van der Waals surface area contributed by atoms with Gasteiger partial charge in [-0.25, -0.2) is 0 Å². The van der Waals surface area contributed by atoms with E-state index in [9.17, 15) is 39.9 Å². The van der Waals surface area contributed by atoms with Crippen molar-refractivity contribution < 1.29 is 68.3 Å². The van der Waals surface area contributed by atoms with Crippen molar-refractivity contribution in [1.82, 2.24) is 0 Å². The molecule has 15 heteroatoms. The van der Waals surface area contributed by atoms with Gasteiger partial charge in [0.15, 0.2) is 16.9 Å². The van der Waals surface area contributed by atoms with Crippen LogP contribution in [0.2, 0.25) is 0 Å². The van der Waals surface area contributed by atoms with Crippen LogP contribution in [-0.4, -0.2) is 94.1 Å². The van der Waals surface area contributed by atoms with Crippen molar-refractivity contribution >= 4 is 22.9 Å². The van der Waals surface area contributed by atoms with E-state index in [2.05, 4.69) is 0 Å². The predicted molar refractivity (Wildman–Crippen MR) is 135 cm³/mol. The van der Waals surface area contributed by atoms with Crippen molar-refractivity contribution in [3.63, 3.8) is 0 Å². The molecule has 3 aromatic rings. The SMILES string of the molecule is COc1cc(-c2cc(=O)c3c(O)cc(OC4OC(COC(=O)CC(=O)O)C(O)C(O)C4O)cc3o2)cc(OC)c1O. The van der Waals surface area contributed by atoms with Crippen molar-refractivity contribution in [2.24, 2.45) is 0 Å². The highest BCUT2D eigenvalue weighted by Crippen LogP contribution is 2.41. The molecule has 220 valence electrons. The number of aromatic hydroxyl groups is 2. The molecule has 0 amide bonds. The zero-order chi connectivity index (χ0) is 30.0. The van der Waals surface area contributed by atoms with Crippen LogP contribution in [-0.2, 0) is 19.1 Å². The van der Waals surface area contributed by atoms with Crippen LogP contribution >= 0.6 is 0 Å². The van der Waals surface area contributed by atoms with Gasteiger partial charge in [-0.15, -0.1) is 0 Å². The number of carboxylic acids is 1. The molecule has 0 radical (unpaired) electrons. The number of fused-ring (bicyclic) bond motifs is 1. The minimum Gasteiger partial charge on any atom is -0.507 e. The number of carbonyl (C=O) groups excluding carboxylic acids is 1. The van der Waals surface area contributed by atoms with Gasteiger partial charge in [-0.3, -0.25) is 14.4 Å². The Hall–Kier alpha value is -4.57. The van der Waals surface area contributed by atoms with Crippen molar-refractivity contribution in [3.05, 3.63) is 40.6 Å². The van der Waals surface area contributed by atoms with Gasteiger partial charge in [0.05, 0.1) is 14.2 Å². The second-order valence-corrected chi connectivity index (χ2v) is 8.91. The molecule has 0 saturated carbocycles. The number of aliphatic carboxylic acids is 1. The Bertz CT molecular complexity index is 1490. The van der Waals surface area contributed by atoms with Gasteiger partial charge in [-0.2, -0.15) is 0 Å². The van der Waals surface area contributed by atoms with Gasteiger partial charge in [0.1, 0.15) is 65.7 Å². The average Bonchev–Trinajstić information content (AvgIpc) is 2.92. The quantitative estimate of drug-likeness (QED) is 0.146. The third kappa shape index (κ3) is 6.12. The summed E-state index contributed by atoms with van der Waals surface area (Å²) >= 11 is 0. The summed E-state index contributed by atoms with van der Waals surface area (Å²) in [5, 5.41) is 60.1. The number of hydrogen-bond acceptors (Lipinski definition) is 14. The van der Waals surface area contributed by atoms with Crippen molar-refractivity contribution in [2.45, 2.75) is 37.1 Å². The molecule has 5 unspecified atom stereocenters. The van der Waals surface area contributed by atoms with Crippen LogP contribution in [0.15, 0.2) is 39.5 Å². The maximum atomic E-state index is 12.9. The number of aliphatic hydroxyl groups is 3. The fraction of sp³-hybridized carbons (Fsp3) is 0.346. The highest BCUT2D eigenvalue weighted by atomic mass is 16.7. The van der Waals surface area contributed by atoms with Gasteiger partial charge in [-0.05, 0) is 12.1 Å². The molecule has 2 aromatic carbocycles. The molecule has 0 aliphatic carbocycles. The van der Waals surface area contributed by atoms with Gasteiger partial charge >= 0.3 is 11.9 Å². The molecule has 1 fully saturated rings. The summed E-state index contributed by atoms with van der Waals surface area (Å²) in [6.45, 7) is -0.669. The second kappa shape index (κ2) is 11.9. The molecule has 1 aromatic heterocycles. The summed E-state index contributed by atoms with van der Waals surface area (Å²) in [4.78, 5) is 35.1. The van der Waals surface area contributed by atoms with Crippen molar-refractivity contribution in [2.75, 3.05) is 20.8 Å². The van der Waals surface area contributed by atoms with Crippen molar-refractivity contribution in [3.8, 4) is 40.1 Å². The lowest BCUT2D eigenvalue weighted by molar-refractivity contribution is -0.278. The molecule has 0 bridgehead atoms.